The number of hydrogen-bond donors (Lipinski definition) is 0. The van der Waals surface area contributed by atoms with Crippen molar-refractivity contribution in [2.24, 2.45) is 0 Å². The largest absolute Gasteiger partial charge is 0.500 e. The predicted molar refractivity (Wildman–Crippen MR) is 100 cm³/mol. The van der Waals surface area contributed by atoms with Crippen LogP contribution in [0.4, 0.5) is 0 Å². The Bertz CT molecular complexity index is 254. The minimum absolute atomic E-state index is 0.654. The van der Waals surface area contributed by atoms with Gasteiger partial charge in [-0.15, -0.1) is 0 Å². The first-order valence-corrected chi connectivity index (χ1v) is 16.2. The van der Waals surface area contributed by atoms with Gasteiger partial charge in [0.1, 0.15) is 0 Å². The van der Waals surface area contributed by atoms with Gasteiger partial charge in [-0.1, -0.05) is 20.8 Å². The highest BCUT2D eigenvalue weighted by atomic mass is 28.4. The Kier molecular flexibility index (Phi) is 12.2. The lowest BCUT2D eigenvalue weighted by Gasteiger charge is -2.33. The first kappa shape index (κ1) is 22.5. The molecule has 0 aliphatic carbocycles. The molecule has 0 aromatic rings. The normalized spacial score (nSPS) is 13.1. The molecule has 0 atom stereocenters. The van der Waals surface area contributed by atoms with Gasteiger partial charge in [-0.05, 0) is 51.5 Å². The first-order chi connectivity index (χ1) is 10.3. The zero-order valence-corrected chi connectivity index (χ0v) is 18.8. The molecular formula is C15H37O4Si3. The van der Waals surface area contributed by atoms with Crippen molar-refractivity contribution in [1.29, 1.82) is 0 Å². The Balaban J connectivity index is 4.83. The van der Waals surface area contributed by atoms with Crippen molar-refractivity contribution < 1.29 is 17.4 Å². The Hall–Kier alpha value is 0.491. The molecule has 0 N–H and O–H groups in total. The summed E-state index contributed by atoms with van der Waals surface area (Å²) in [5, 5.41) is 0. The molecule has 0 aromatic carbocycles. The van der Waals surface area contributed by atoms with Crippen LogP contribution in [0.3, 0.4) is 0 Å². The van der Waals surface area contributed by atoms with Gasteiger partial charge >= 0.3 is 8.80 Å². The molecule has 0 aliphatic heterocycles. The zero-order chi connectivity index (χ0) is 17.1. The van der Waals surface area contributed by atoms with Crippen molar-refractivity contribution in [1.82, 2.24) is 0 Å². The Morgan fingerprint density at radius 2 is 1.14 bits per heavy atom. The van der Waals surface area contributed by atoms with Crippen molar-refractivity contribution in [3.63, 3.8) is 0 Å². The molecule has 0 bridgehead atoms. The number of hydrogen-bond acceptors (Lipinski definition) is 4. The van der Waals surface area contributed by atoms with Crippen LogP contribution in [0.25, 0.3) is 0 Å². The summed E-state index contributed by atoms with van der Waals surface area (Å²) in [5.74, 6) is 0. The smallest absolute Gasteiger partial charge is 0.456 e. The molecule has 7 heteroatoms. The van der Waals surface area contributed by atoms with Crippen LogP contribution in [0.2, 0.25) is 38.3 Å². The molecule has 0 unspecified atom stereocenters. The summed E-state index contributed by atoms with van der Waals surface area (Å²) in [6.07, 6.45) is 2.98. The fourth-order valence-corrected chi connectivity index (χ4v) is 12.9. The highest BCUT2D eigenvalue weighted by Gasteiger charge is 2.43. The van der Waals surface area contributed by atoms with E-state index in [1.54, 1.807) is 0 Å². The van der Waals surface area contributed by atoms with E-state index in [0.29, 0.717) is 0 Å². The highest BCUT2D eigenvalue weighted by Crippen LogP contribution is 2.25. The summed E-state index contributed by atoms with van der Waals surface area (Å²) in [6.45, 7) is 17.6. The maximum Gasteiger partial charge on any atom is 0.500 e. The van der Waals surface area contributed by atoms with Gasteiger partial charge in [0.05, 0.1) is 0 Å². The van der Waals surface area contributed by atoms with Crippen molar-refractivity contribution in [3.8, 4) is 0 Å². The minimum Gasteiger partial charge on any atom is -0.456 e. The second-order valence-electron chi connectivity index (χ2n) is 6.50. The zero-order valence-electron chi connectivity index (χ0n) is 15.8. The van der Waals surface area contributed by atoms with E-state index < -0.39 is 26.2 Å². The molecule has 0 aliphatic rings. The highest BCUT2D eigenvalue weighted by molar-refractivity contribution is 6.79. The molecule has 0 aromatic heterocycles. The molecule has 0 heterocycles. The average Bonchev–Trinajstić information content (AvgIpc) is 2.44. The molecule has 0 saturated carbocycles. The van der Waals surface area contributed by atoms with E-state index in [1.165, 1.54) is 0 Å². The van der Waals surface area contributed by atoms with E-state index in [4.69, 9.17) is 17.4 Å². The molecule has 0 amide bonds. The van der Waals surface area contributed by atoms with Crippen LogP contribution < -0.4 is 0 Å². The maximum atomic E-state index is 6.24. The van der Waals surface area contributed by atoms with Gasteiger partial charge < -0.3 is 17.4 Å². The molecule has 0 rings (SSSR count). The van der Waals surface area contributed by atoms with Gasteiger partial charge in [0, 0.05) is 25.9 Å². The quantitative estimate of drug-likeness (QED) is 0.419. The molecule has 22 heavy (non-hydrogen) atoms. The van der Waals surface area contributed by atoms with Gasteiger partial charge in [-0.2, -0.15) is 0 Å². The lowest BCUT2D eigenvalue weighted by atomic mass is 10.5. The monoisotopic (exact) mass is 365 g/mol. The Morgan fingerprint density at radius 3 is 1.45 bits per heavy atom. The average molecular weight is 366 g/mol. The van der Waals surface area contributed by atoms with Crippen LogP contribution in [-0.4, -0.2) is 46.0 Å². The standard InChI is InChI=1S/C15H37O4Si3/c1-8-11-16-22(17-12-9-2,18-13-10-3)15-14-21(6,7)19-20(4)5/h8-15H2,1-7H3. The van der Waals surface area contributed by atoms with Gasteiger partial charge in [0.2, 0.25) is 0 Å². The third kappa shape index (κ3) is 10.3. The third-order valence-corrected chi connectivity index (χ3v) is 11.7. The first-order valence-electron chi connectivity index (χ1n) is 8.72. The summed E-state index contributed by atoms with van der Waals surface area (Å²) in [4.78, 5) is 0. The predicted octanol–water partition coefficient (Wildman–Crippen LogP) is 4.68. The van der Waals surface area contributed by atoms with Gasteiger partial charge in [-0.3, -0.25) is 0 Å². The molecule has 0 fully saturated rings. The Morgan fingerprint density at radius 1 is 0.727 bits per heavy atom. The Labute approximate surface area is 142 Å². The second-order valence-corrected chi connectivity index (χ2v) is 15.9. The summed E-state index contributed by atoms with van der Waals surface area (Å²) in [5.41, 5.74) is 0. The van der Waals surface area contributed by atoms with E-state index in [0.717, 1.165) is 51.2 Å². The lowest BCUT2D eigenvalue weighted by molar-refractivity contribution is 0.0602. The summed E-state index contributed by atoms with van der Waals surface area (Å²) < 4.78 is 24.7. The fraction of sp³-hybridized carbons (Fsp3) is 1.00. The van der Waals surface area contributed by atoms with Gasteiger partial charge in [0.25, 0.3) is 0 Å². The maximum absolute atomic E-state index is 6.24. The van der Waals surface area contributed by atoms with E-state index >= 15 is 0 Å². The molecule has 4 nitrogen and oxygen atoms in total. The summed E-state index contributed by atoms with van der Waals surface area (Å²) >= 11 is 0. The fourth-order valence-electron chi connectivity index (χ4n) is 2.17. The second kappa shape index (κ2) is 11.9. The van der Waals surface area contributed by atoms with Crippen LogP contribution in [0.1, 0.15) is 40.0 Å². The molecule has 0 spiro atoms. The van der Waals surface area contributed by atoms with Crippen molar-refractivity contribution in [3.05, 3.63) is 0 Å². The summed E-state index contributed by atoms with van der Waals surface area (Å²) in [6, 6.07) is 1.94. The van der Waals surface area contributed by atoms with Gasteiger partial charge in [0.15, 0.2) is 17.4 Å². The van der Waals surface area contributed by atoms with Crippen LogP contribution in [-0.2, 0) is 17.4 Å². The van der Waals surface area contributed by atoms with Crippen LogP contribution in [0.5, 0.6) is 0 Å². The van der Waals surface area contributed by atoms with Crippen LogP contribution in [0, 0.1) is 0 Å². The van der Waals surface area contributed by atoms with Crippen molar-refractivity contribution >= 4 is 26.2 Å². The third-order valence-electron chi connectivity index (χ3n) is 3.09. The number of rotatable bonds is 14. The topological polar surface area (TPSA) is 36.9 Å². The van der Waals surface area contributed by atoms with E-state index in [9.17, 15) is 0 Å². The van der Waals surface area contributed by atoms with E-state index in [2.05, 4.69) is 47.0 Å². The molecule has 133 valence electrons. The van der Waals surface area contributed by atoms with Crippen LogP contribution >= 0.6 is 0 Å². The van der Waals surface area contributed by atoms with E-state index in [1.807, 2.05) is 0 Å². The lowest BCUT2D eigenvalue weighted by Crippen LogP contribution is -2.48. The van der Waals surface area contributed by atoms with Gasteiger partial charge in [-0.25, -0.2) is 0 Å². The molecular weight excluding hydrogens is 328 g/mol. The summed E-state index contributed by atoms with van der Waals surface area (Å²) in [7, 11) is -4.86. The van der Waals surface area contributed by atoms with E-state index in [-0.39, 0.29) is 0 Å². The SMILES string of the molecule is CCCO[Si](CC[Si](C)(C)O[Si](C)C)(OCCC)OCCC. The molecule has 0 saturated heterocycles. The van der Waals surface area contributed by atoms with Crippen molar-refractivity contribution in [2.75, 3.05) is 19.8 Å². The van der Waals surface area contributed by atoms with Crippen LogP contribution in [0.15, 0.2) is 0 Å². The van der Waals surface area contributed by atoms with Crippen molar-refractivity contribution in [2.45, 2.75) is 78.3 Å². The minimum atomic E-state index is -2.55. The molecule has 1 radical (unpaired) electrons.